The molecule has 7 nitrogen and oxygen atoms in total. The van der Waals surface area contributed by atoms with Gasteiger partial charge in [-0.15, -0.1) is 0 Å². The molecule has 9 heteroatoms. The molecule has 3 N–H and O–H groups in total. The van der Waals surface area contributed by atoms with Crippen LogP contribution in [0.1, 0.15) is 23.0 Å². The average Bonchev–Trinajstić information content (AvgIpc) is 2.95. The van der Waals surface area contributed by atoms with E-state index in [1.165, 1.54) is 4.90 Å². The topological polar surface area (TPSA) is 86.6 Å². The summed E-state index contributed by atoms with van der Waals surface area (Å²) in [6.45, 7) is 0. The Morgan fingerprint density at radius 3 is 2.81 bits per heavy atom. The Hall–Kier alpha value is -1.06. The highest BCUT2D eigenvalue weighted by Crippen LogP contribution is 2.47. The predicted molar refractivity (Wildman–Crippen MR) is 79.8 cm³/mol. The van der Waals surface area contributed by atoms with Crippen LogP contribution < -0.4 is 10.6 Å². The maximum Gasteiger partial charge on any atom is 0.319 e. The Morgan fingerprint density at radius 2 is 2.10 bits per heavy atom. The van der Waals surface area contributed by atoms with Crippen molar-refractivity contribution in [3.8, 4) is 0 Å². The number of carbonyl (C=O) groups excluding carboxylic acids is 2. The number of aliphatic hydroxyl groups is 1. The molecular weight excluding hydrogens is 408 g/mol. The molecule has 2 aliphatic heterocycles. The van der Waals surface area contributed by atoms with Gasteiger partial charge in [-0.25, -0.2) is 4.79 Å². The number of carbonyl (C=O) groups is 2. The fraction of sp³-hybridized carbons (Fsp3) is 0.500. The molecule has 2 unspecified atom stereocenters. The van der Waals surface area contributed by atoms with Crippen molar-refractivity contribution in [3.63, 3.8) is 0 Å². The third-order valence-corrected chi connectivity index (χ3v) is 6.69. The summed E-state index contributed by atoms with van der Waals surface area (Å²) in [6.07, 6.45) is 0.352. The molecule has 2 fully saturated rings. The number of likely N-dealkylation sites (N-methyl/N-ethyl adjacent to an activating group) is 1. The van der Waals surface area contributed by atoms with Crippen LogP contribution in [0.15, 0.2) is 15.1 Å². The van der Waals surface area contributed by atoms with E-state index in [-0.39, 0.29) is 24.0 Å². The van der Waals surface area contributed by atoms with Crippen molar-refractivity contribution in [1.82, 2.24) is 20.1 Å². The van der Waals surface area contributed by atoms with Gasteiger partial charge in [-0.3, -0.25) is 9.69 Å². The van der Waals surface area contributed by atoms with Crippen LogP contribution in [0.2, 0.25) is 0 Å². The Kier molecular flexibility index (Phi) is 2.60. The maximum atomic E-state index is 12.3. The number of hydrogen-bond acceptors (Lipinski definition) is 3. The Bertz CT molecular complexity index is 690. The lowest BCUT2D eigenvalue weighted by atomic mass is 10.1. The Balaban J connectivity index is 1.85. The predicted octanol–water partition coefficient (Wildman–Crippen LogP) is 0.782. The molecule has 4 atom stereocenters. The molecular formula is C12H12Br2N4O3. The summed E-state index contributed by atoms with van der Waals surface area (Å²) in [5.74, 6) is -0.212. The van der Waals surface area contributed by atoms with E-state index in [1.807, 2.05) is 4.57 Å². The number of fused-ring (bicyclic) bond motifs is 5. The van der Waals surface area contributed by atoms with Crippen LogP contribution in [0.5, 0.6) is 0 Å². The van der Waals surface area contributed by atoms with Crippen molar-refractivity contribution in [2.75, 3.05) is 7.05 Å². The second-order valence-electron chi connectivity index (χ2n) is 5.67. The normalized spacial score (nSPS) is 37.0. The number of halogens is 2. The Labute approximate surface area is 136 Å². The second kappa shape index (κ2) is 4.02. The highest BCUT2D eigenvalue weighted by Gasteiger charge is 2.63. The van der Waals surface area contributed by atoms with E-state index in [4.69, 9.17) is 0 Å². The molecule has 0 aromatic carbocycles. The van der Waals surface area contributed by atoms with E-state index in [2.05, 4.69) is 42.5 Å². The van der Waals surface area contributed by atoms with Crippen LogP contribution in [0.4, 0.5) is 4.79 Å². The third-order valence-electron chi connectivity index (χ3n) is 4.74. The summed E-state index contributed by atoms with van der Waals surface area (Å²) < 4.78 is 3.43. The van der Waals surface area contributed by atoms with Crippen molar-refractivity contribution in [3.05, 3.63) is 20.8 Å². The van der Waals surface area contributed by atoms with Gasteiger partial charge in [-0.05, 0) is 37.9 Å². The van der Waals surface area contributed by atoms with Crippen molar-refractivity contribution >= 4 is 43.8 Å². The minimum absolute atomic E-state index is 0.128. The van der Waals surface area contributed by atoms with Crippen molar-refractivity contribution in [2.45, 2.75) is 30.3 Å². The molecule has 1 aromatic heterocycles. The molecule has 3 heterocycles. The molecule has 112 valence electrons. The number of aromatic nitrogens is 1. The van der Waals surface area contributed by atoms with Gasteiger partial charge in [0.25, 0.3) is 5.91 Å². The van der Waals surface area contributed by atoms with E-state index in [9.17, 15) is 14.7 Å². The summed E-state index contributed by atoms with van der Waals surface area (Å²) in [4.78, 5) is 25.4. The first-order valence-corrected chi connectivity index (χ1v) is 8.07. The minimum atomic E-state index is -1.29. The van der Waals surface area contributed by atoms with Crippen molar-refractivity contribution in [2.24, 2.45) is 0 Å². The molecule has 1 aromatic rings. The summed E-state index contributed by atoms with van der Waals surface area (Å²) in [6, 6.07) is 0.422. The zero-order valence-corrected chi connectivity index (χ0v) is 14.1. The van der Waals surface area contributed by atoms with Crippen LogP contribution in [-0.4, -0.2) is 51.4 Å². The zero-order valence-electron chi connectivity index (χ0n) is 10.9. The van der Waals surface area contributed by atoms with Crippen LogP contribution in [-0.2, 0) is 0 Å². The van der Waals surface area contributed by atoms with E-state index >= 15 is 0 Å². The monoisotopic (exact) mass is 418 g/mol. The van der Waals surface area contributed by atoms with Gasteiger partial charge in [0.05, 0.1) is 21.2 Å². The molecule has 0 spiro atoms. The van der Waals surface area contributed by atoms with E-state index in [1.54, 1.807) is 13.1 Å². The van der Waals surface area contributed by atoms with Crippen LogP contribution in [0.3, 0.4) is 0 Å². The van der Waals surface area contributed by atoms with Gasteiger partial charge in [0.1, 0.15) is 11.7 Å². The fourth-order valence-corrected chi connectivity index (χ4v) is 4.63. The van der Waals surface area contributed by atoms with Crippen LogP contribution >= 0.6 is 31.9 Å². The van der Waals surface area contributed by atoms with Gasteiger partial charge in [-0.2, -0.15) is 0 Å². The molecule has 4 rings (SSSR count). The zero-order chi connectivity index (χ0) is 15.1. The lowest BCUT2D eigenvalue weighted by Gasteiger charge is -2.32. The summed E-state index contributed by atoms with van der Waals surface area (Å²) in [7, 11) is 1.57. The number of hydrogen-bond donors (Lipinski definition) is 3. The average molecular weight is 420 g/mol. The molecule has 1 aliphatic carbocycles. The molecule has 21 heavy (non-hydrogen) atoms. The SMILES string of the molecule is CN1C(=O)N[C@H]2C3NC(=O)c4cc(Br)c(Br)n4C3C[C@]21O. The third kappa shape index (κ3) is 1.51. The standard InChI is InChI=1S/C12H12Br2N4O3/c1-17-11(20)16-8-7-6(3-12(8,17)21)18-5(10(19)15-7)2-4(13)9(18)14/h2,6-8,21H,3H2,1H3,(H,15,19)(H,16,20)/t6?,7?,8-,12-/m0/s1. The van der Waals surface area contributed by atoms with E-state index in [0.29, 0.717) is 12.1 Å². The summed E-state index contributed by atoms with van der Waals surface area (Å²) >= 11 is 6.88. The second-order valence-corrected chi connectivity index (χ2v) is 7.28. The van der Waals surface area contributed by atoms with E-state index < -0.39 is 11.8 Å². The molecule has 1 saturated heterocycles. The van der Waals surface area contributed by atoms with Gasteiger partial charge in [0.2, 0.25) is 0 Å². The van der Waals surface area contributed by atoms with Gasteiger partial charge < -0.3 is 20.3 Å². The van der Waals surface area contributed by atoms with Crippen LogP contribution in [0.25, 0.3) is 0 Å². The van der Waals surface area contributed by atoms with Gasteiger partial charge in [0.15, 0.2) is 5.72 Å². The molecule has 1 saturated carbocycles. The number of nitrogens with one attached hydrogen (secondary N) is 2. The number of urea groups is 1. The first-order chi connectivity index (χ1) is 9.84. The van der Waals surface area contributed by atoms with E-state index in [0.717, 1.165) is 9.08 Å². The van der Waals surface area contributed by atoms with Gasteiger partial charge >= 0.3 is 6.03 Å². The molecule has 0 bridgehead atoms. The number of amides is 3. The van der Waals surface area contributed by atoms with Gasteiger partial charge in [0, 0.05) is 13.5 Å². The maximum absolute atomic E-state index is 12.3. The van der Waals surface area contributed by atoms with Crippen molar-refractivity contribution in [1.29, 1.82) is 0 Å². The highest BCUT2D eigenvalue weighted by atomic mass is 79.9. The molecule has 0 radical (unpaired) electrons. The lowest BCUT2D eigenvalue weighted by Crippen LogP contribution is -2.56. The smallest absolute Gasteiger partial charge is 0.319 e. The summed E-state index contributed by atoms with van der Waals surface area (Å²) in [5.41, 5.74) is -0.759. The quantitative estimate of drug-likeness (QED) is 0.580. The first-order valence-electron chi connectivity index (χ1n) is 6.48. The molecule has 3 aliphatic rings. The lowest BCUT2D eigenvalue weighted by molar-refractivity contribution is -0.0561. The van der Waals surface area contributed by atoms with Crippen LogP contribution in [0, 0.1) is 0 Å². The minimum Gasteiger partial charge on any atom is -0.368 e. The summed E-state index contributed by atoms with van der Waals surface area (Å²) in [5, 5.41) is 16.5. The largest absolute Gasteiger partial charge is 0.368 e. The highest BCUT2D eigenvalue weighted by molar-refractivity contribution is 9.13. The van der Waals surface area contributed by atoms with Crippen molar-refractivity contribution < 1.29 is 14.7 Å². The number of nitrogens with zero attached hydrogens (tertiary/aromatic N) is 2. The fourth-order valence-electron chi connectivity index (χ4n) is 3.65. The first kappa shape index (κ1) is 13.6. The Morgan fingerprint density at radius 1 is 1.38 bits per heavy atom. The molecule has 3 amide bonds. The number of rotatable bonds is 0. The van der Waals surface area contributed by atoms with Gasteiger partial charge in [-0.1, -0.05) is 0 Å².